The van der Waals surface area contributed by atoms with E-state index in [9.17, 15) is 9.59 Å². The molecule has 0 spiro atoms. The van der Waals surface area contributed by atoms with Gasteiger partial charge < -0.3 is 29.3 Å². The summed E-state index contributed by atoms with van der Waals surface area (Å²) in [6, 6.07) is 5.19. The van der Waals surface area contributed by atoms with Crippen LogP contribution in [0.2, 0.25) is 0 Å². The second-order valence-corrected chi connectivity index (χ2v) is 7.91. The summed E-state index contributed by atoms with van der Waals surface area (Å²) in [6.45, 7) is 9.60. The summed E-state index contributed by atoms with van der Waals surface area (Å²) >= 11 is 0. The van der Waals surface area contributed by atoms with Gasteiger partial charge in [0.05, 0.1) is 31.3 Å². The van der Waals surface area contributed by atoms with Crippen LogP contribution < -0.4 is 15.2 Å². The first kappa shape index (κ1) is 23.0. The van der Waals surface area contributed by atoms with Gasteiger partial charge in [-0.1, -0.05) is 6.07 Å². The second-order valence-electron chi connectivity index (χ2n) is 7.91. The van der Waals surface area contributed by atoms with Gasteiger partial charge in [-0.05, 0) is 52.3 Å². The number of hydrogen-bond donors (Lipinski definition) is 1. The lowest BCUT2D eigenvalue weighted by Crippen LogP contribution is -2.41. The van der Waals surface area contributed by atoms with E-state index in [1.54, 1.807) is 25.1 Å². The molecule has 1 aromatic carbocycles. The number of methoxy groups -OCH3 is 1. The third-order valence-corrected chi connectivity index (χ3v) is 5.28. The van der Waals surface area contributed by atoms with Crippen LogP contribution in [0.15, 0.2) is 18.2 Å². The van der Waals surface area contributed by atoms with Crippen LogP contribution in [0.4, 0.5) is 0 Å². The topological polar surface area (TPSA) is 106 Å². The molecule has 0 aliphatic carbocycles. The predicted octanol–water partition coefficient (Wildman–Crippen LogP) is 2.23. The molecule has 29 heavy (non-hydrogen) atoms. The van der Waals surface area contributed by atoms with Crippen molar-refractivity contribution in [2.24, 2.45) is 5.73 Å². The molecule has 1 fully saturated rings. The highest BCUT2D eigenvalue weighted by Crippen LogP contribution is 2.43. The zero-order valence-electron chi connectivity index (χ0n) is 17.9. The lowest BCUT2D eigenvalue weighted by molar-refractivity contribution is -0.143. The van der Waals surface area contributed by atoms with Crippen molar-refractivity contribution in [1.82, 2.24) is 0 Å². The molecule has 1 amide bonds. The van der Waals surface area contributed by atoms with Crippen molar-refractivity contribution < 1.29 is 33.1 Å². The highest BCUT2D eigenvalue weighted by atomic mass is 16.7. The zero-order chi connectivity index (χ0) is 21.8. The minimum atomic E-state index is -0.647. The second kappa shape index (κ2) is 9.05. The SMILES string of the molecule is CCOC(=O)CC(B1OC(C)(C)C(C)(C)O1)c1ccc(OCC(N)=O)c(OC)c1. The number of rotatable bonds is 9. The Kier molecular flexibility index (Phi) is 7.18. The van der Waals surface area contributed by atoms with Gasteiger partial charge in [0.1, 0.15) is 0 Å². The Hall–Kier alpha value is -2.26. The molecular weight excluding hydrogens is 377 g/mol. The van der Waals surface area contributed by atoms with E-state index in [4.69, 9.17) is 29.3 Å². The van der Waals surface area contributed by atoms with Crippen LogP contribution in [0.5, 0.6) is 11.5 Å². The lowest BCUT2D eigenvalue weighted by atomic mass is 9.66. The zero-order valence-corrected chi connectivity index (χ0v) is 17.9. The van der Waals surface area contributed by atoms with Crippen LogP contribution in [-0.4, -0.2) is 50.5 Å². The van der Waals surface area contributed by atoms with Gasteiger partial charge in [-0.15, -0.1) is 0 Å². The fourth-order valence-corrected chi connectivity index (χ4v) is 3.01. The maximum absolute atomic E-state index is 12.3. The molecule has 2 N–H and O–H groups in total. The van der Waals surface area contributed by atoms with E-state index in [0.29, 0.717) is 11.5 Å². The Morgan fingerprint density at radius 1 is 1.14 bits per heavy atom. The van der Waals surface area contributed by atoms with Crippen LogP contribution in [0.3, 0.4) is 0 Å². The largest absolute Gasteiger partial charge is 0.493 e. The first-order chi connectivity index (χ1) is 13.5. The number of carbonyl (C=O) groups is 2. The molecule has 0 saturated carbocycles. The molecule has 1 aliphatic heterocycles. The smallest absolute Gasteiger partial charge is 0.466 e. The maximum Gasteiger partial charge on any atom is 0.466 e. The molecule has 160 valence electrons. The third-order valence-electron chi connectivity index (χ3n) is 5.28. The number of amides is 1. The van der Waals surface area contributed by atoms with Crippen molar-refractivity contribution in [3.8, 4) is 11.5 Å². The minimum absolute atomic E-state index is 0.0787. The number of ether oxygens (including phenoxy) is 3. The molecule has 0 aromatic heterocycles. The molecule has 1 saturated heterocycles. The van der Waals surface area contributed by atoms with Crippen LogP contribution in [0.1, 0.15) is 52.4 Å². The summed E-state index contributed by atoms with van der Waals surface area (Å²) in [5.41, 5.74) is 4.82. The number of carbonyl (C=O) groups excluding carboxylic acids is 2. The van der Waals surface area contributed by atoms with Gasteiger partial charge in [-0.2, -0.15) is 0 Å². The van der Waals surface area contributed by atoms with Gasteiger partial charge in [0.15, 0.2) is 18.1 Å². The van der Waals surface area contributed by atoms with Crippen molar-refractivity contribution in [2.75, 3.05) is 20.3 Å². The van der Waals surface area contributed by atoms with Gasteiger partial charge in [0.2, 0.25) is 0 Å². The molecule has 0 radical (unpaired) electrons. The summed E-state index contributed by atoms with van der Waals surface area (Å²) in [5.74, 6) is -0.573. The van der Waals surface area contributed by atoms with E-state index >= 15 is 0 Å². The van der Waals surface area contributed by atoms with Crippen molar-refractivity contribution in [3.05, 3.63) is 23.8 Å². The molecule has 1 unspecified atom stereocenters. The molecule has 2 rings (SSSR count). The van der Waals surface area contributed by atoms with Gasteiger partial charge in [0, 0.05) is 5.82 Å². The van der Waals surface area contributed by atoms with Crippen LogP contribution >= 0.6 is 0 Å². The monoisotopic (exact) mass is 407 g/mol. The summed E-state index contributed by atoms with van der Waals surface area (Å²) in [7, 11) is 0.845. The highest BCUT2D eigenvalue weighted by molar-refractivity contribution is 6.48. The molecule has 1 aliphatic rings. The predicted molar refractivity (Wildman–Crippen MR) is 108 cm³/mol. The standard InChI is InChI=1S/C20H30BNO7/c1-7-26-18(24)11-14(21-28-19(2,3)20(4,5)29-21)13-8-9-15(16(10-13)25-6)27-12-17(22)23/h8-10,14H,7,11-12H2,1-6H3,(H2,22,23). The molecule has 0 bridgehead atoms. The number of nitrogens with two attached hydrogens (primary N) is 1. The Morgan fingerprint density at radius 3 is 2.28 bits per heavy atom. The Morgan fingerprint density at radius 2 is 1.76 bits per heavy atom. The average molecular weight is 407 g/mol. The average Bonchev–Trinajstić information content (AvgIpc) is 2.85. The van der Waals surface area contributed by atoms with E-state index in [0.717, 1.165) is 5.56 Å². The molecule has 1 aromatic rings. The normalized spacial score (nSPS) is 18.2. The molecule has 9 heteroatoms. The lowest BCUT2D eigenvalue weighted by Gasteiger charge is -2.32. The third kappa shape index (κ3) is 5.42. The summed E-state index contributed by atoms with van der Waals surface area (Å²) in [4.78, 5) is 23.3. The molecule has 1 heterocycles. The summed E-state index contributed by atoms with van der Waals surface area (Å²) < 4.78 is 28.3. The molecular formula is C20H30BNO7. The molecule has 8 nitrogen and oxygen atoms in total. The molecule has 1 atom stereocenters. The van der Waals surface area contributed by atoms with Gasteiger partial charge in [-0.3, -0.25) is 9.59 Å². The number of primary amides is 1. The van der Waals surface area contributed by atoms with E-state index in [1.165, 1.54) is 7.11 Å². The maximum atomic E-state index is 12.3. The Bertz CT molecular complexity index is 734. The number of benzene rings is 1. The van der Waals surface area contributed by atoms with Crippen molar-refractivity contribution in [2.45, 2.75) is 58.1 Å². The van der Waals surface area contributed by atoms with E-state index in [-0.39, 0.29) is 25.6 Å². The Balaban J connectivity index is 2.36. The van der Waals surface area contributed by atoms with Gasteiger partial charge in [-0.25, -0.2) is 0 Å². The fraction of sp³-hybridized carbons (Fsp3) is 0.600. The number of hydrogen-bond acceptors (Lipinski definition) is 7. The van der Waals surface area contributed by atoms with Crippen molar-refractivity contribution >= 4 is 19.0 Å². The first-order valence-electron chi connectivity index (χ1n) is 9.61. The van der Waals surface area contributed by atoms with E-state index in [1.807, 2.05) is 27.7 Å². The summed E-state index contributed by atoms with van der Waals surface area (Å²) in [6.07, 6.45) is 0.0787. The van der Waals surface area contributed by atoms with E-state index in [2.05, 4.69) is 0 Å². The number of esters is 1. The van der Waals surface area contributed by atoms with Crippen molar-refractivity contribution in [3.63, 3.8) is 0 Å². The van der Waals surface area contributed by atoms with Crippen LogP contribution in [-0.2, 0) is 23.6 Å². The quantitative estimate of drug-likeness (QED) is 0.494. The van der Waals surface area contributed by atoms with E-state index < -0.39 is 30.0 Å². The fourth-order valence-electron chi connectivity index (χ4n) is 3.01. The minimum Gasteiger partial charge on any atom is -0.493 e. The van der Waals surface area contributed by atoms with Crippen LogP contribution in [0.25, 0.3) is 0 Å². The van der Waals surface area contributed by atoms with Crippen LogP contribution in [0, 0.1) is 0 Å². The first-order valence-corrected chi connectivity index (χ1v) is 9.61. The highest BCUT2D eigenvalue weighted by Gasteiger charge is 2.54. The van der Waals surface area contributed by atoms with Gasteiger partial charge >= 0.3 is 13.1 Å². The van der Waals surface area contributed by atoms with Crippen molar-refractivity contribution in [1.29, 1.82) is 0 Å². The Labute approximate surface area is 172 Å². The van der Waals surface area contributed by atoms with Gasteiger partial charge in [0.25, 0.3) is 5.91 Å². The summed E-state index contributed by atoms with van der Waals surface area (Å²) in [5, 5.41) is 0.